The van der Waals surface area contributed by atoms with Crippen molar-refractivity contribution in [1.82, 2.24) is 14.9 Å². The molecule has 0 aliphatic carbocycles. The zero-order valence-corrected chi connectivity index (χ0v) is 16.1. The first-order chi connectivity index (χ1) is 9.48. The number of ether oxygens (including phenoxy) is 1. The molecule has 2 heterocycles. The molecule has 0 aromatic carbocycles. The van der Waals surface area contributed by atoms with Gasteiger partial charge in [0.05, 0.1) is 6.04 Å². The van der Waals surface area contributed by atoms with E-state index in [0.717, 1.165) is 16.8 Å². The molecule has 0 radical (unpaired) electrons. The maximum Gasteiger partial charge on any atom is 0.410 e. The lowest BCUT2D eigenvalue weighted by molar-refractivity contribution is 0.0207. The fourth-order valence-electron chi connectivity index (χ4n) is 2.53. The van der Waals surface area contributed by atoms with Crippen molar-refractivity contribution >= 4 is 38.0 Å². The Hall–Kier alpha value is -0.560. The number of nitrogens with one attached hydrogen (secondary N) is 1. The highest BCUT2D eigenvalue weighted by Crippen LogP contribution is 2.43. The second kappa shape index (κ2) is 5.57. The van der Waals surface area contributed by atoms with Gasteiger partial charge in [0.1, 0.15) is 20.6 Å². The van der Waals surface area contributed by atoms with Gasteiger partial charge < -0.3 is 9.72 Å². The number of hydrogen-bond donors (Lipinski definition) is 1. The fourth-order valence-corrected chi connectivity index (χ4v) is 3.11. The third kappa shape index (κ3) is 4.00. The van der Waals surface area contributed by atoms with Crippen LogP contribution in [-0.2, 0) is 4.74 Å². The molecular formula is C14H21Br2N3O2. The molecule has 1 aromatic rings. The summed E-state index contributed by atoms with van der Waals surface area (Å²) in [6, 6.07) is -0.0996. The molecule has 1 aromatic heterocycles. The summed E-state index contributed by atoms with van der Waals surface area (Å²) in [5.74, 6) is 0.769. The molecule has 0 spiro atoms. The van der Waals surface area contributed by atoms with E-state index in [4.69, 9.17) is 4.74 Å². The van der Waals surface area contributed by atoms with E-state index in [2.05, 4.69) is 55.7 Å². The Morgan fingerprint density at radius 3 is 2.52 bits per heavy atom. The summed E-state index contributed by atoms with van der Waals surface area (Å²) in [5, 5.41) is 0. The highest BCUT2D eigenvalue weighted by Gasteiger charge is 2.43. The summed E-state index contributed by atoms with van der Waals surface area (Å²) in [6.45, 7) is 10.6. The average Bonchev–Trinajstić information content (AvgIpc) is 2.77. The predicted molar refractivity (Wildman–Crippen MR) is 88.1 cm³/mol. The molecule has 1 fully saturated rings. The summed E-state index contributed by atoms with van der Waals surface area (Å²) in [6.07, 6.45) is 0.556. The number of aromatic nitrogens is 2. The Balaban J connectivity index is 2.27. The lowest BCUT2D eigenvalue weighted by atomic mass is 9.90. The molecule has 1 aliphatic rings. The van der Waals surface area contributed by atoms with Gasteiger partial charge in [-0.3, -0.25) is 4.90 Å². The van der Waals surface area contributed by atoms with Gasteiger partial charge in [-0.15, -0.1) is 0 Å². The Morgan fingerprint density at radius 2 is 2.05 bits per heavy atom. The van der Waals surface area contributed by atoms with E-state index in [1.165, 1.54) is 0 Å². The minimum absolute atomic E-state index is 0.0350. The zero-order valence-electron chi connectivity index (χ0n) is 13.0. The first-order valence-electron chi connectivity index (χ1n) is 6.89. The van der Waals surface area contributed by atoms with Crippen LogP contribution in [0.1, 0.15) is 52.9 Å². The van der Waals surface area contributed by atoms with Crippen LogP contribution < -0.4 is 0 Å². The SMILES string of the molecule is CC1(C)CC(c2nc(Br)c(Br)[nH]2)N(C(=O)OC(C)(C)C)C1. The molecule has 5 nitrogen and oxygen atoms in total. The van der Waals surface area contributed by atoms with E-state index < -0.39 is 5.60 Å². The first kappa shape index (κ1) is 16.8. The molecule has 0 saturated carbocycles. The van der Waals surface area contributed by atoms with E-state index in [9.17, 15) is 4.79 Å². The smallest absolute Gasteiger partial charge is 0.410 e. The number of halogens is 2. The molecule has 1 amide bonds. The predicted octanol–water partition coefficient (Wildman–Crippen LogP) is 4.64. The number of amides is 1. The lowest BCUT2D eigenvalue weighted by Crippen LogP contribution is -2.37. The average molecular weight is 423 g/mol. The quantitative estimate of drug-likeness (QED) is 0.716. The Morgan fingerprint density at radius 1 is 1.43 bits per heavy atom. The molecule has 2 rings (SSSR count). The molecule has 1 N–H and O–H groups in total. The van der Waals surface area contributed by atoms with Crippen LogP contribution in [0.4, 0.5) is 4.79 Å². The minimum Gasteiger partial charge on any atom is -0.444 e. The van der Waals surface area contributed by atoms with Gasteiger partial charge in [0.25, 0.3) is 0 Å². The summed E-state index contributed by atoms with van der Waals surface area (Å²) >= 11 is 6.77. The van der Waals surface area contributed by atoms with Gasteiger partial charge in [0.2, 0.25) is 0 Å². The van der Waals surface area contributed by atoms with Crippen LogP contribution >= 0.6 is 31.9 Å². The Labute approximate surface area is 142 Å². The van der Waals surface area contributed by atoms with Crippen molar-refractivity contribution in [2.75, 3.05) is 6.54 Å². The van der Waals surface area contributed by atoms with Gasteiger partial charge in [-0.1, -0.05) is 13.8 Å². The molecule has 1 saturated heterocycles. The second-order valence-corrected chi connectivity index (χ2v) is 8.76. The number of imidazole rings is 1. The van der Waals surface area contributed by atoms with Crippen molar-refractivity contribution in [3.8, 4) is 0 Å². The van der Waals surface area contributed by atoms with E-state index in [1.54, 1.807) is 4.90 Å². The molecule has 118 valence electrons. The third-order valence-corrected chi connectivity index (χ3v) is 4.98. The molecular weight excluding hydrogens is 402 g/mol. The van der Waals surface area contributed by atoms with Gasteiger partial charge in [0.15, 0.2) is 0 Å². The Bertz CT molecular complexity index is 529. The maximum atomic E-state index is 12.5. The number of nitrogens with zero attached hydrogens (tertiary/aromatic N) is 2. The number of carbonyl (C=O) groups is 1. The standard InChI is InChI=1S/C14H21Br2N3O2/c1-13(2,3)21-12(20)19-7-14(4,5)6-8(19)11-17-9(15)10(16)18-11/h8H,6-7H2,1-5H3,(H,17,18). The van der Waals surface area contributed by atoms with Crippen molar-refractivity contribution in [3.63, 3.8) is 0 Å². The van der Waals surface area contributed by atoms with Gasteiger partial charge >= 0.3 is 6.09 Å². The van der Waals surface area contributed by atoms with Crippen LogP contribution in [0, 0.1) is 5.41 Å². The molecule has 1 atom stereocenters. The van der Waals surface area contributed by atoms with Gasteiger partial charge in [-0.25, -0.2) is 9.78 Å². The number of hydrogen-bond acceptors (Lipinski definition) is 3. The fraction of sp³-hybridized carbons (Fsp3) is 0.714. The molecule has 0 bridgehead atoms. The van der Waals surface area contributed by atoms with E-state index in [1.807, 2.05) is 20.8 Å². The third-order valence-electron chi connectivity index (χ3n) is 3.30. The molecule has 7 heteroatoms. The van der Waals surface area contributed by atoms with Crippen LogP contribution in [-0.4, -0.2) is 33.1 Å². The van der Waals surface area contributed by atoms with E-state index in [-0.39, 0.29) is 17.6 Å². The summed E-state index contributed by atoms with van der Waals surface area (Å²) < 4.78 is 7.02. The summed E-state index contributed by atoms with van der Waals surface area (Å²) in [5.41, 5.74) is -0.466. The van der Waals surface area contributed by atoms with Crippen molar-refractivity contribution in [1.29, 1.82) is 0 Å². The van der Waals surface area contributed by atoms with Gasteiger partial charge in [-0.05, 0) is 64.5 Å². The molecule has 21 heavy (non-hydrogen) atoms. The summed E-state index contributed by atoms with van der Waals surface area (Å²) in [7, 11) is 0. The zero-order chi connectivity index (χ0) is 16.0. The number of carbonyl (C=O) groups excluding carboxylic acids is 1. The van der Waals surface area contributed by atoms with Crippen LogP contribution in [0.25, 0.3) is 0 Å². The Kier molecular flexibility index (Phi) is 4.46. The van der Waals surface area contributed by atoms with E-state index >= 15 is 0 Å². The number of aromatic amines is 1. The van der Waals surface area contributed by atoms with Crippen LogP contribution in [0.5, 0.6) is 0 Å². The maximum absolute atomic E-state index is 12.5. The highest BCUT2D eigenvalue weighted by atomic mass is 79.9. The molecule has 1 aliphatic heterocycles. The van der Waals surface area contributed by atoms with Gasteiger partial charge in [0, 0.05) is 6.54 Å². The van der Waals surface area contributed by atoms with Crippen LogP contribution in [0.2, 0.25) is 0 Å². The van der Waals surface area contributed by atoms with Crippen molar-refractivity contribution < 1.29 is 9.53 Å². The highest BCUT2D eigenvalue weighted by molar-refractivity contribution is 9.13. The minimum atomic E-state index is -0.501. The monoisotopic (exact) mass is 421 g/mol. The number of likely N-dealkylation sites (tertiary alicyclic amines) is 1. The second-order valence-electron chi connectivity index (χ2n) is 7.22. The summed E-state index contributed by atoms with van der Waals surface area (Å²) in [4.78, 5) is 21.9. The molecule has 1 unspecified atom stereocenters. The topological polar surface area (TPSA) is 58.2 Å². The van der Waals surface area contributed by atoms with Crippen LogP contribution in [0.15, 0.2) is 9.21 Å². The first-order valence-corrected chi connectivity index (χ1v) is 8.48. The van der Waals surface area contributed by atoms with E-state index in [0.29, 0.717) is 11.1 Å². The number of rotatable bonds is 1. The normalized spacial score (nSPS) is 21.7. The van der Waals surface area contributed by atoms with Gasteiger partial charge in [-0.2, -0.15) is 0 Å². The van der Waals surface area contributed by atoms with Crippen molar-refractivity contribution in [2.24, 2.45) is 5.41 Å². The van der Waals surface area contributed by atoms with Crippen molar-refractivity contribution in [2.45, 2.75) is 52.7 Å². The lowest BCUT2D eigenvalue weighted by Gasteiger charge is -2.28. The largest absolute Gasteiger partial charge is 0.444 e. The van der Waals surface area contributed by atoms with Crippen LogP contribution in [0.3, 0.4) is 0 Å². The van der Waals surface area contributed by atoms with Crippen molar-refractivity contribution in [3.05, 3.63) is 15.0 Å². The number of H-pyrrole nitrogens is 1.